The van der Waals surface area contributed by atoms with Gasteiger partial charge < -0.3 is 14.8 Å². The quantitative estimate of drug-likeness (QED) is 0.835. The topological polar surface area (TPSA) is 33.1 Å². The lowest BCUT2D eigenvalue weighted by atomic mass is 10.0. The SMILES string of the molecule is CCN(CC1CCCCN1)c1nccn1C. The van der Waals surface area contributed by atoms with Crippen molar-refractivity contribution in [2.75, 3.05) is 24.5 Å². The fraction of sp³-hybridized carbons (Fsp3) is 0.750. The molecule has 2 rings (SSSR count). The third-order valence-corrected chi connectivity index (χ3v) is 3.31. The number of nitrogens with zero attached hydrogens (tertiary/aromatic N) is 3. The van der Waals surface area contributed by atoms with Crippen LogP contribution in [0, 0.1) is 0 Å². The highest BCUT2D eigenvalue weighted by atomic mass is 15.3. The summed E-state index contributed by atoms with van der Waals surface area (Å²) < 4.78 is 2.09. The lowest BCUT2D eigenvalue weighted by molar-refractivity contribution is 0.398. The van der Waals surface area contributed by atoms with Crippen LogP contribution in [0.4, 0.5) is 5.95 Å². The molecule has 1 aliphatic heterocycles. The van der Waals surface area contributed by atoms with Gasteiger partial charge in [0, 0.05) is 38.6 Å². The summed E-state index contributed by atoms with van der Waals surface area (Å²) in [5.74, 6) is 1.08. The van der Waals surface area contributed by atoms with Crippen molar-refractivity contribution in [2.45, 2.75) is 32.2 Å². The minimum atomic E-state index is 0.630. The van der Waals surface area contributed by atoms with E-state index in [-0.39, 0.29) is 0 Å². The molecule has 1 unspecified atom stereocenters. The Morgan fingerprint density at radius 1 is 1.56 bits per heavy atom. The summed E-state index contributed by atoms with van der Waals surface area (Å²) in [5.41, 5.74) is 0. The van der Waals surface area contributed by atoms with Crippen LogP contribution in [0.2, 0.25) is 0 Å². The molecule has 1 N–H and O–H groups in total. The second-order valence-electron chi connectivity index (χ2n) is 4.52. The summed E-state index contributed by atoms with van der Waals surface area (Å²) in [5, 5.41) is 3.59. The molecule has 1 fully saturated rings. The molecule has 90 valence electrons. The molecular formula is C12H22N4. The second-order valence-corrected chi connectivity index (χ2v) is 4.52. The summed E-state index contributed by atoms with van der Waals surface area (Å²) in [6.45, 7) is 5.45. The lowest BCUT2D eigenvalue weighted by Crippen LogP contribution is -2.44. The zero-order valence-electron chi connectivity index (χ0n) is 10.3. The molecule has 0 saturated carbocycles. The first-order valence-electron chi connectivity index (χ1n) is 6.27. The van der Waals surface area contributed by atoms with Crippen LogP contribution in [0.15, 0.2) is 12.4 Å². The minimum absolute atomic E-state index is 0.630. The number of rotatable bonds is 4. The van der Waals surface area contributed by atoms with E-state index in [0.29, 0.717) is 6.04 Å². The number of anilines is 1. The standard InChI is InChI=1S/C12H22N4/c1-3-16(12-14-8-9-15(12)2)10-11-6-4-5-7-13-11/h8-9,11,13H,3-7,10H2,1-2H3. The van der Waals surface area contributed by atoms with Gasteiger partial charge in [0.15, 0.2) is 0 Å². The molecular weight excluding hydrogens is 200 g/mol. The smallest absolute Gasteiger partial charge is 0.205 e. The van der Waals surface area contributed by atoms with Crippen LogP contribution in [0.3, 0.4) is 0 Å². The normalized spacial score (nSPS) is 21.0. The first-order valence-corrected chi connectivity index (χ1v) is 6.27. The van der Waals surface area contributed by atoms with Crippen molar-refractivity contribution in [2.24, 2.45) is 7.05 Å². The molecule has 2 heterocycles. The van der Waals surface area contributed by atoms with E-state index in [2.05, 4.69) is 33.7 Å². The third-order valence-electron chi connectivity index (χ3n) is 3.31. The number of aromatic nitrogens is 2. The zero-order chi connectivity index (χ0) is 11.4. The van der Waals surface area contributed by atoms with Gasteiger partial charge in [-0.1, -0.05) is 6.42 Å². The van der Waals surface area contributed by atoms with Gasteiger partial charge >= 0.3 is 0 Å². The van der Waals surface area contributed by atoms with Crippen LogP contribution in [-0.4, -0.2) is 35.2 Å². The molecule has 4 heteroatoms. The lowest BCUT2D eigenvalue weighted by Gasteiger charge is -2.30. The van der Waals surface area contributed by atoms with Gasteiger partial charge in [-0.15, -0.1) is 0 Å². The third kappa shape index (κ3) is 2.55. The molecule has 0 spiro atoms. The van der Waals surface area contributed by atoms with Crippen LogP contribution in [-0.2, 0) is 7.05 Å². The number of hydrogen-bond donors (Lipinski definition) is 1. The monoisotopic (exact) mass is 222 g/mol. The first-order chi connectivity index (χ1) is 7.81. The van der Waals surface area contributed by atoms with Gasteiger partial charge in [0.25, 0.3) is 0 Å². The number of imidazole rings is 1. The molecule has 1 aromatic heterocycles. The van der Waals surface area contributed by atoms with Gasteiger partial charge in [-0.25, -0.2) is 4.98 Å². The Morgan fingerprint density at radius 2 is 2.44 bits per heavy atom. The predicted molar refractivity (Wildman–Crippen MR) is 66.7 cm³/mol. The maximum Gasteiger partial charge on any atom is 0.205 e. The Labute approximate surface area is 97.7 Å². The summed E-state index contributed by atoms with van der Waals surface area (Å²) >= 11 is 0. The van der Waals surface area contributed by atoms with Crippen LogP contribution in [0.25, 0.3) is 0 Å². The average Bonchev–Trinajstić information content (AvgIpc) is 2.74. The van der Waals surface area contributed by atoms with Gasteiger partial charge in [0.05, 0.1) is 0 Å². The van der Waals surface area contributed by atoms with Crippen molar-refractivity contribution in [3.8, 4) is 0 Å². The summed E-state index contributed by atoms with van der Waals surface area (Å²) in [4.78, 5) is 6.76. The molecule has 1 aromatic rings. The van der Waals surface area contributed by atoms with E-state index in [9.17, 15) is 0 Å². The van der Waals surface area contributed by atoms with Crippen LogP contribution < -0.4 is 10.2 Å². The van der Waals surface area contributed by atoms with E-state index in [1.54, 1.807) is 0 Å². The molecule has 0 aliphatic carbocycles. The van der Waals surface area contributed by atoms with E-state index in [4.69, 9.17) is 0 Å². The minimum Gasteiger partial charge on any atom is -0.341 e. The van der Waals surface area contributed by atoms with Crippen LogP contribution >= 0.6 is 0 Å². The molecule has 16 heavy (non-hydrogen) atoms. The highest BCUT2D eigenvalue weighted by Gasteiger charge is 2.17. The highest BCUT2D eigenvalue weighted by Crippen LogP contribution is 2.13. The number of nitrogens with one attached hydrogen (secondary N) is 1. The predicted octanol–water partition coefficient (Wildman–Crippen LogP) is 1.39. The number of likely N-dealkylation sites (N-methyl/N-ethyl adjacent to an activating group) is 1. The Morgan fingerprint density at radius 3 is 3.00 bits per heavy atom. The first kappa shape index (κ1) is 11.5. The number of hydrogen-bond acceptors (Lipinski definition) is 3. The molecule has 1 atom stereocenters. The van der Waals surface area contributed by atoms with Crippen molar-refractivity contribution >= 4 is 5.95 Å². The van der Waals surface area contributed by atoms with E-state index >= 15 is 0 Å². The van der Waals surface area contributed by atoms with Gasteiger partial charge in [0.1, 0.15) is 0 Å². The Kier molecular flexibility index (Phi) is 3.83. The second kappa shape index (κ2) is 5.34. The van der Waals surface area contributed by atoms with Crippen molar-refractivity contribution < 1.29 is 0 Å². The molecule has 1 aliphatic rings. The van der Waals surface area contributed by atoms with Crippen molar-refractivity contribution in [3.05, 3.63) is 12.4 Å². The fourth-order valence-electron chi connectivity index (χ4n) is 2.36. The maximum absolute atomic E-state index is 4.41. The largest absolute Gasteiger partial charge is 0.341 e. The highest BCUT2D eigenvalue weighted by molar-refractivity contribution is 5.30. The van der Waals surface area contributed by atoms with Crippen molar-refractivity contribution in [3.63, 3.8) is 0 Å². The van der Waals surface area contributed by atoms with E-state index in [0.717, 1.165) is 19.0 Å². The number of piperidine rings is 1. The van der Waals surface area contributed by atoms with Gasteiger partial charge in [0.2, 0.25) is 5.95 Å². The average molecular weight is 222 g/mol. The molecule has 0 amide bonds. The van der Waals surface area contributed by atoms with Crippen molar-refractivity contribution in [1.82, 2.24) is 14.9 Å². The fourth-order valence-corrected chi connectivity index (χ4v) is 2.36. The van der Waals surface area contributed by atoms with Gasteiger partial charge in [-0.05, 0) is 26.3 Å². The van der Waals surface area contributed by atoms with Gasteiger partial charge in [-0.3, -0.25) is 0 Å². The Hall–Kier alpha value is -1.03. The van der Waals surface area contributed by atoms with Crippen LogP contribution in [0.1, 0.15) is 26.2 Å². The molecule has 0 bridgehead atoms. The summed E-state index contributed by atoms with van der Waals surface area (Å²) in [7, 11) is 2.05. The Bertz CT molecular complexity index is 315. The molecule has 4 nitrogen and oxygen atoms in total. The van der Waals surface area contributed by atoms with E-state index in [1.165, 1.54) is 25.8 Å². The summed E-state index contributed by atoms with van der Waals surface area (Å²) in [6.07, 6.45) is 7.85. The van der Waals surface area contributed by atoms with Crippen LogP contribution in [0.5, 0.6) is 0 Å². The summed E-state index contributed by atoms with van der Waals surface area (Å²) in [6, 6.07) is 0.630. The molecule has 0 aromatic carbocycles. The Balaban J connectivity index is 1.97. The van der Waals surface area contributed by atoms with E-state index in [1.807, 2.05) is 12.4 Å². The maximum atomic E-state index is 4.41. The number of aryl methyl sites for hydroxylation is 1. The van der Waals surface area contributed by atoms with Gasteiger partial charge in [-0.2, -0.15) is 0 Å². The van der Waals surface area contributed by atoms with E-state index < -0.39 is 0 Å². The van der Waals surface area contributed by atoms with Crippen molar-refractivity contribution in [1.29, 1.82) is 0 Å². The molecule has 0 radical (unpaired) electrons. The zero-order valence-corrected chi connectivity index (χ0v) is 10.3. The molecule has 1 saturated heterocycles.